The third-order valence-corrected chi connectivity index (χ3v) is 3.10. The molecule has 2 aromatic carbocycles. The summed E-state index contributed by atoms with van der Waals surface area (Å²) in [6, 6.07) is 14.5. The number of carbonyl (C=O) groups excluding carboxylic acids is 2. The number of nitrogens with zero attached hydrogens (tertiary/aromatic N) is 1. The van der Waals surface area contributed by atoms with Crippen molar-refractivity contribution in [3.05, 3.63) is 65.7 Å². The van der Waals surface area contributed by atoms with Gasteiger partial charge in [0.15, 0.2) is 0 Å². The Morgan fingerprint density at radius 2 is 1.59 bits per heavy atom. The van der Waals surface area contributed by atoms with Gasteiger partial charge in [-0.3, -0.25) is 4.79 Å². The van der Waals surface area contributed by atoms with Gasteiger partial charge < -0.3 is 14.7 Å². The van der Waals surface area contributed by atoms with E-state index in [9.17, 15) is 14.7 Å². The molecule has 0 aliphatic heterocycles. The maximum atomic E-state index is 12.3. The highest BCUT2D eigenvalue weighted by atomic mass is 16.5. The second kappa shape index (κ2) is 6.76. The molecule has 0 spiro atoms. The average Bonchev–Trinajstić information content (AvgIpc) is 2.53. The van der Waals surface area contributed by atoms with Crippen LogP contribution >= 0.6 is 0 Å². The van der Waals surface area contributed by atoms with Gasteiger partial charge in [0.2, 0.25) is 6.10 Å². The van der Waals surface area contributed by atoms with Crippen molar-refractivity contribution in [3.63, 3.8) is 0 Å². The number of phenols is 1. The van der Waals surface area contributed by atoms with Gasteiger partial charge in [-0.15, -0.1) is 0 Å². The largest absolute Gasteiger partial charge is 0.508 e. The van der Waals surface area contributed by atoms with Gasteiger partial charge in [0.1, 0.15) is 5.75 Å². The van der Waals surface area contributed by atoms with E-state index in [1.165, 1.54) is 29.2 Å². The maximum Gasteiger partial charge on any atom is 0.339 e. The SMILES string of the molecule is CN(C)C(=O)[C@@H](OC(=O)c1ccc(O)cc1)c1ccccc1. The molecule has 1 N–H and O–H groups in total. The van der Waals surface area contributed by atoms with E-state index in [-0.39, 0.29) is 17.2 Å². The molecule has 2 aromatic rings. The number of likely N-dealkylation sites (N-methyl/N-ethyl adjacent to an activating group) is 1. The second-order valence-corrected chi connectivity index (χ2v) is 4.98. The number of benzene rings is 2. The molecule has 22 heavy (non-hydrogen) atoms. The van der Waals surface area contributed by atoms with Crippen LogP contribution in [0.25, 0.3) is 0 Å². The second-order valence-electron chi connectivity index (χ2n) is 4.98. The zero-order chi connectivity index (χ0) is 16.1. The van der Waals surface area contributed by atoms with Crippen LogP contribution in [0.5, 0.6) is 5.75 Å². The predicted molar refractivity (Wildman–Crippen MR) is 81.4 cm³/mol. The van der Waals surface area contributed by atoms with Crippen LogP contribution in [0, 0.1) is 0 Å². The minimum Gasteiger partial charge on any atom is -0.508 e. The first kappa shape index (κ1) is 15.6. The van der Waals surface area contributed by atoms with E-state index in [0.29, 0.717) is 5.56 Å². The van der Waals surface area contributed by atoms with Crippen molar-refractivity contribution in [2.45, 2.75) is 6.10 Å². The normalized spacial score (nSPS) is 11.5. The van der Waals surface area contributed by atoms with Crippen LogP contribution in [0.2, 0.25) is 0 Å². The van der Waals surface area contributed by atoms with E-state index in [1.54, 1.807) is 38.4 Å². The van der Waals surface area contributed by atoms with Gasteiger partial charge in [0.25, 0.3) is 5.91 Å². The molecule has 0 heterocycles. The molecule has 0 bridgehead atoms. The zero-order valence-corrected chi connectivity index (χ0v) is 12.4. The van der Waals surface area contributed by atoms with E-state index in [2.05, 4.69) is 0 Å². The summed E-state index contributed by atoms with van der Waals surface area (Å²) < 4.78 is 5.37. The monoisotopic (exact) mass is 299 g/mol. The molecular weight excluding hydrogens is 282 g/mol. The number of ether oxygens (including phenoxy) is 1. The molecule has 0 aromatic heterocycles. The van der Waals surface area contributed by atoms with Crippen LogP contribution in [-0.4, -0.2) is 36.0 Å². The summed E-state index contributed by atoms with van der Waals surface area (Å²) in [5, 5.41) is 9.25. The minimum absolute atomic E-state index is 0.0560. The van der Waals surface area contributed by atoms with Crippen molar-refractivity contribution in [1.82, 2.24) is 4.90 Å². The van der Waals surface area contributed by atoms with Gasteiger partial charge in [0, 0.05) is 19.7 Å². The Hall–Kier alpha value is -2.82. The van der Waals surface area contributed by atoms with E-state index >= 15 is 0 Å². The van der Waals surface area contributed by atoms with Crippen LogP contribution in [0.15, 0.2) is 54.6 Å². The molecule has 0 fully saturated rings. The van der Waals surface area contributed by atoms with Gasteiger partial charge >= 0.3 is 5.97 Å². The lowest BCUT2D eigenvalue weighted by Crippen LogP contribution is -2.31. The van der Waals surface area contributed by atoms with Crippen molar-refractivity contribution in [2.75, 3.05) is 14.1 Å². The number of amides is 1. The van der Waals surface area contributed by atoms with E-state index in [1.807, 2.05) is 6.07 Å². The summed E-state index contributed by atoms with van der Waals surface area (Å²) in [5.74, 6) is -0.886. The van der Waals surface area contributed by atoms with Crippen molar-refractivity contribution in [3.8, 4) is 5.75 Å². The van der Waals surface area contributed by atoms with E-state index in [4.69, 9.17) is 4.74 Å². The van der Waals surface area contributed by atoms with E-state index in [0.717, 1.165) is 0 Å². The molecule has 0 aliphatic carbocycles. The first-order valence-electron chi connectivity index (χ1n) is 6.75. The highest BCUT2D eigenvalue weighted by Crippen LogP contribution is 2.21. The molecule has 1 atom stereocenters. The molecule has 114 valence electrons. The van der Waals surface area contributed by atoms with Gasteiger partial charge in [-0.25, -0.2) is 4.79 Å². The van der Waals surface area contributed by atoms with Crippen LogP contribution in [0.1, 0.15) is 22.0 Å². The lowest BCUT2D eigenvalue weighted by Gasteiger charge is -2.21. The molecule has 0 aliphatic rings. The summed E-state index contributed by atoms with van der Waals surface area (Å²) in [5.41, 5.74) is 0.874. The summed E-state index contributed by atoms with van der Waals surface area (Å²) in [6.45, 7) is 0. The number of esters is 1. The summed E-state index contributed by atoms with van der Waals surface area (Å²) in [6.07, 6.45) is -1.00. The van der Waals surface area contributed by atoms with Crippen LogP contribution in [0.3, 0.4) is 0 Å². The molecular formula is C17H17NO4. The summed E-state index contributed by atoms with van der Waals surface area (Å²) in [4.78, 5) is 25.8. The Kier molecular flexibility index (Phi) is 4.78. The Morgan fingerprint density at radius 1 is 1.00 bits per heavy atom. The summed E-state index contributed by atoms with van der Waals surface area (Å²) >= 11 is 0. The van der Waals surface area contributed by atoms with Gasteiger partial charge in [-0.2, -0.15) is 0 Å². The smallest absolute Gasteiger partial charge is 0.339 e. The Bertz CT molecular complexity index is 650. The molecule has 0 saturated heterocycles. The Balaban J connectivity index is 2.25. The van der Waals surface area contributed by atoms with Crippen LogP contribution in [-0.2, 0) is 9.53 Å². The fourth-order valence-corrected chi connectivity index (χ4v) is 1.90. The lowest BCUT2D eigenvalue weighted by molar-refractivity contribution is -0.138. The van der Waals surface area contributed by atoms with Crippen molar-refractivity contribution >= 4 is 11.9 Å². The molecule has 0 unspecified atom stereocenters. The van der Waals surface area contributed by atoms with Gasteiger partial charge in [-0.1, -0.05) is 30.3 Å². The number of rotatable bonds is 4. The highest BCUT2D eigenvalue weighted by molar-refractivity contribution is 5.92. The molecule has 5 heteroatoms. The standard InChI is InChI=1S/C17H17NO4/c1-18(2)16(20)15(12-6-4-3-5-7-12)22-17(21)13-8-10-14(19)11-9-13/h3-11,15,19H,1-2H3/t15-/m0/s1. The van der Waals surface area contributed by atoms with Crippen LogP contribution < -0.4 is 0 Å². The molecule has 0 radical (unpaired) electrons. The Labute approximate surface area is 128 Å². The van der Waals surface area contributed by atoms with Crippen molar-refractivity contribution in [2.24, 2.45) is 0 Å². The quantitative estimate of drug-likeness (QED) is 0.880. The number of phenolic OH excluding ortho intramolecular Hbond substituents is 1. The topological polar surface area (TPSA) is 66.8 Å². The number of aromatic hydroxyl groups is 1. The molecule has 0 saturated carbocycles. The third kappa shape index (κ3) is 3.63. The average molecular weight is 299 g/mol. The molecule has 5 nitrogen and oxygen atoms in total. The molecule has 1 amide bonds. The number of hydrogen-bond donors (Lipinski definition) is 1. The van der Waals surface area contributed by atoms with Crippen molar-refractivity contribution in [1.29, 1.82) is 0 Å². The maximum absolute atomic E-state index is 12.3. The first-order valence-corrected chi connectivity index (χ1v) is 6.75. The van der Waals surface area contributed by atoms with E-state index < -0.39 is 12.1 Å². The summed E-state index contributed by atoms with van der Waals surface area (Å²) in [7, 11) is 3.21. The predicted octanol–water partition coefficient (Wildman–Crippen LogP) is 2.38. The number of hydrogen-bond acceptors (Lipinski definition) is 4. The fourth-order valence-electron chi connectivity index (χ4n) is 1.90. The van der Waals surface area contributed by atoms with Gasteiger partial charge in [0.05, 0.1) is 5.56 Å². The first-order chi connectivity index (χ1) is 10.5. The van der Waals surface area contributed by atoms with Gasteiger partial charge in [-0.05, 0) is 24.3 Å². The Morgan fingerprint density at radius 3 is 2.14 bits per heavy atom. The van der Waals surface area contributed by atoms with Crippen LogP contribution in [0.4, 0.5) is 0 Å². The third-order valence-electron chi connectivity index (χ3n) is 3.10. The fraction of sp³-hybridized carbons (Fsp3) is 0.176. The lowest BCUT2D eigenvalue weighted by atomic mass is 10.1. The van der Waals surface area contributed by atoms with Crippen molar-refractivity contribution < 1.29 is 19.4 Å². The minimum atomic E-state index is -1.00. The number of carbonyl (C=O) groups is 2. The zero-order valence-electron chi connectivity index (χ0n) is 12.4. The molecule has 2 rings (SSSR count). The highest BCUT2D eigenvalue weighted by Gasteiger charge is 2.26.